The molecule has 3 N–H and O–H groups in total. The average molecular weight is 371 g/mol. The lowest BCUT2D eigenvalue weighted by molar-refractivity contribution is 0.240. The summed E-state index contributed by atoms with van der Waals surface area (Å²) in [5, 5.41) is 3.16. The molecular weight excluding hydrogens is 349 g/mol. The van der Waals surface area contributed by atoms with Gasteiger partial charge in [0, 0.05) is 6.07 Å². The topological polar surface area (TPSA) is 120 Å². The maximum Gasteiger partial charge on any atom is 0.264 e. The fourth-order valence-electron chi connectivity index (χ4n) is 2.36. The van der Waals surface area contributed by atoms with Gasteiger partial charge in [-0.3, -0.25) is 4.18 Å². The van der Waals surface area contributed by atoms with Crippen LogP contribution in [0.5, 0.6) is 0 Å². The quantitative estimate of drug-likeness (QED) is 0.677. The molecule has 0 bridgehead atoms. The van der Waals surface area contributed by atoms with Crippen LogP contribution in [0.1, 0.15) is 33.1 Å². The Balaban J connectivity index is 2.39. The predicted molar refractivity (Wildman–Crippen MR) is 94.1 cm³/mol. The van der Waals surface area contributed by atoms with E-state index in [0.29, 0.717) is 17.8 Å². The van der Waals surface area contributed by atoms with Gasteiger partial charge in [0.1, 0.15) is 11.3 Å². The lowest BCUT2D eigenvalue weighted by Gasteiger charge is -2.31. The number of nitrogens with one attached hydrogen (secondary N) is 1. The van der Waals surface area contributed by atoms with Crippen LogP contribution in [0.4, 0.5) is 16.2 Å². The first kappa shape index (κ1) is 19.3. The molecule has 0 amide bonds. The second-order valence-corrected chi connectivity index (χ2v) is 7.85. The summed E-state index contributed by atoms with van der Waals surface area (Å²) in [5.74, 6) is -0.270. The van der Waals surface area contributed by atoms with Crippen LogP contribution in [0.3, 0.4) is 0 Å². The predicted octanol–water partition coefficient (Wildman–Crippen LogP) is 2.08. The largest absolute Gasteiger partial charge is 0.368 e. The number of pyridine rings is 1. The minimum atomic E-state index is -3.59. The van der Waals surface area contributed by atoms with E-state index >= 15 is 0 Å². The summed E-state index contributed by atoms with van der Waals surface area (Å²) in [6, 6.07) is 1.21. The molecule has 0 aliphatic heterocycles. The third kappa shape index (κ3) is 5.46. The standard InChI is InChI=1S/C15H22FN5O3S/c1-4-5-6-15(2,9-24-25(3,22)23)21-13-12-11(19-14(17)20-13)7-10(16)8-18-12/h7-8H,4-6,9H2,1-3H3,(H3,17,19,20,21)/t15-/m1/s1. The Morgan fingerprint density at radius 3 is 2.76 bits per heavy atom. The van der Waals surface area contributed by atoms with Crippen molar-refractivity contribution in [3.63, 3.8) is 0 Å². The molecule has 0 aromatic carbocycles. The Kier molecular flexibility index (Phi) is 5.73. The van der Waals surface area contributed by atoms with Crippen molar-refractivity contribution in [3.05, 3.63) is 18.1 Å². The normalized spacial score (nSPS) is 14.4. The molecule has 0 saturated carbocycles. The van der Waals surface area contributed by atoms with Crippen LogP contribution in [0.25, 0.3) is 11.0 Å². The molecule has 0 spiro atoms. The first-order valence-electron chi connectivity index (χ1n) is 7.83. The molecule has 0 radical (unpaired) electrons. The van der Waals surface area contributed by atoms with Gasteiger partial charge in [0.05, 0.1) is 30.1 Å². The zero-order chi connectivity index (χ0) is 18.7. The number of nitrogen functional groups attached to an aromatic ring is 1. The molecule has 0 unspecified atom stereocenters. The van der Waals surface area contributed by atoms with E-state index in [4.69, 9.17) is 9.92 Å². The number of fused-ring (bicyclic) bond motifs is 1. The second kappa shape index (κ2) is 7.44. The van der Waals surface area contributed by atoms with Crippen LogP contribution in [-0.4, -0.2) is 41.8 Å². The van der Waals surface area contributed by atoms with Crippen molar-refractivity contribution in [3.8, 4) is 0 Å². The number of anilines is 2. The summed E-state index contributed by atoms with van der Waals surface area (Å²) in [5.41, 5.74) is 5.57. The summed E-state index contributed by atoms with van der Waals surface area (Å²) in [7, 11) is -3.59. The van der Waals surface area contributed by atoms with Gasteiger partial charge in [-0.15, -0.1) is 0 Å². The molecular formula is C15H22FN5O3S. The van der Waals surface area contributed by atoms with Crippen LogP contribution in [-0.2, 0) is 14.3 Å². The highest BCUT2D eigenvalue weighted by molar-refractivity contribution is 7.85. The number of unbranched alkanes of at least 4 members (excludes halogenated alkanes) is 1. The van der Waals surface area contributed by atoms with Gasteiger partial charge in [-0.1, -0.05) is 19.8 Å². The summed E-state index contributed by atoms with van der Waals surface area (Å²) in [6.45, 7) is 3.76. The summed E-state index contributed by atoms with van der Waals surface area (Å²) in [4.78, 5) is 12.1. The number of nitrogens with two attached hydrogens (primary N) is 1. The Bertz CT molecular complexity index is 856. The minimum Gasteiger partial charge on any atom is -0.368 e. The van der Waals surface area contributed by atoms with E-state index < -0.39 is 21.5 Å². The molecule has 0 saturated heterocycles. The SMILES string of the molecule is CCCC[C@](C)(COS(C)(=O)=O)Nc1nc(N)nc2cc(F)cnc12. The second-order valence-electron chi connectivity index (χ2n) is 6.21. The van der Waals surface area contributed by atoms with E-state index in [1.165, 1.54) is 6.07 Å². The van der Waals surface area contributed by atoms with Crippen molar-refractivity contribution >= 4 is 32.9 Å². The third-order valence-electron chi connectivity index (χ3n) is 3.61. The Hall–Kier alpha value is -2.07. The van der Waals surface area contributed by atoms with Crippen molar-refractivity contribution in [2.45, 2.75) is 38.6 Å². The molecule has 0 aliphatic carbocycles. The van der Waals surface area contributed by atoms with Crippen molar-refractivity contribution in [1.82, 2.24) is 15.0 Å². The molecule has 8 nitrogen and oxygen atoms in total. The number of hydrogen-bond donors (Lipinski definition) is 2. The highest BCUT2D eigenvalue weighted by atomic mass is 32.2. The van der Waals surface area contributed by atoms with Crippen molar-refractivity contribution < 1.29 is 17.0 Å². The van der Waals surface area contributed by atoms with Gasteiger partial charge in [0.25, 0.3) is 10.1 Å². The minimum absolute atomic E-state index is 0.0377. The average Bonchev–Trinajstić information content (AvgIpc) is 2.50. The van der Waals surface area contributed by atoms with E-state index in [0.717, 1.165) is 25.3 Å². The van der Waals surface area contributed by atoms with E-state index in [9.17, 15) is 12.8 Å². The van der Waals surface area contributed by atoms with Crippen LogP contribution in [0, 0.1) is 5.82 Å². The number of rotatable bonds is 8. The molecule has 138 valence electrons. The maximum atomic E-state index is 13.4. The zero-order valence-electron chi connectivity index (χ0n) is 14.4. The first-order valence-corrected chi connectivity index (χ1v) is 9.65. The highest BCUT2D eigenvalue weighted by Gasteiger charge is 2.28. The third-order valence-corrected chi connectivity index (χ3v) is 4.16. The maximum absolute atomic E-state index is 13.4. The van der Waals surface area contributed by atoms with E-state index in [2.05, 4.69) is 20.3 Å². The number of aromatic nitrogens is 3. The van der Waals surface area contributed by atoms with Crippen molar-refractivity contribution in [1.29, 1.82) is 0 Å². The molecule has 0 aliphatic rings. The fraction of sp³-hybridized carbons (Fsp3) is 0.533. The highest BCUT2D eigenvalue weighted by Crippen LogP contribution is 2.26. The van der Waals surface area contributed by atoms with Crippen molar-refractivity contribution in [2.24, 2.45) is 0 Å². The lowest BCUT2D eigenvalue weighted by Crippen LogP contribution is -2.41. The van der Waals surface area contributed by atoms with E-state index in [1.807, 2.05) is 13.8 Å². The molecule has 2 aromatic heterocycles. The van der Waals surface area contributed by atoms with Crippen LogP contribution in [0.15, 0.2) is 12.3 Å². The number of hydrogen-bond acceptors (Lipinski definition) is 8. The fourth-order valence-corrected chi connectivity index (χ4v) is 2.83. The first-order chi connectivity index (χ1) is 11.6. The van der Waals surface area contributed by atoms with Gasteiger partial charge in [-0.2, -0.15) is 13.4 Å². The smallest absolute Gasteiger partial charge is 0.264 e. The molecule has 2 aromatic rings. The van der Waals surface area contributed by atoms with E-state index in [1.54, 1.807) is 0 Å². The van der Waals surface area contributed by atoms with Crippen molar-refractivity contribution in [2.75, 3.05) is 23.9 Å². The lowest BCUT2D eigenvalue weighted by atomic mass is 9.96. The van der Waals surface area contributed by atoms with Gasteiger partial charge < -0.3 is 11.1 Å². The van der Waals surface area contributed by atoms with E-state index in [-0.39, 0.29) is 18.1 Å². The molecule has 25 heavy (non-hydrogen) atoms. The van der Waals surface area contributed by atoms with Gasteiger partial charge in [-0.05, 0) is 13.3 Å². The Labute approximate surface area is 146 Å². The van der Waals surface area contributed by atoms with Gasteiger partial charge >= 0.3 is 0 Å². The molecule has 2 rings (SSSR count). The molecule has 1 atom stereocenters. The van der Waals surface area contributed by atoms with Gasteiger partial charge in [0.15, 0.2) is 5.82 Å². The molecule has 10 heteroatoms. The summed E-state index contributed by atoms with van der Waals surface area (Å²) in [6.07, 6.45) is 4.45. The number of nitrogens with zero attached hydrogens (tertiary/aromatic N) is 3. The Morgan fingerprint density at radius 1 is 1.40 bits per heavy atom. The van der Waals surface area contributed by atoms with Crippen LogP contribution < -0.4 is 11.1 Å². The van der Waals surface area contributed by atoms with Gasteiger partial charge in [0.2, 0.25) is 5.95 Å². The summed E-state index contributed by atoms with van der Waals surface area (Å²) >= 11 is 0. The molecule has 0 fully saturated rings. The summed E-state index contributed by atoms with van der Waals surface area (Å²) < 4.78 is 41.1. The monoisotopic (exact) mass is 371 g/mol. The van der Waals surface area contributed by atoms with Gasteiger partial charge in [-0.25, -0.2) is 14.4 Å². The molecule has 2 heterocycles. The van der Waals surface area contributed by atoms with Crippen LogP contribution in [0.2, 0.25) is 0 Å². The number of halogens is 1. The Morgan fingerprint density at radius 2 is 2.12 bits per heavy atom. The zero-order valence-corrected chi connectivity index (χ0v) is 15.2. The van der Waals surface area contributed by atoms with Crippen LogP contribution >= 0.6 is 0 Å².